The minimum absolute atomic E-state index is 0.00577. The fourth-order valence-electron chi connectivity index (χ4n) is 5.03. The van der Waals surface area contributed by atoms with Crippen molar-refractivity contribution in [3.05, 3.63) is 41.4 Å². The average molecular weight is 494 g/mol. The maximum atomic E-state index is 12.4. The van der Waals surface area contributed by atoms with E-state index in [0.717, 1.165) is 61.1 Å². The number of fused-ring (bicyclic) bond motifs is 2. The predicted octanol–water partition coefficient (Wildman–Crippen LogP) is 4.89. The molecule has 3 heterocycles. The number of rotatable bonds is 8. The van der Waals surface area contributed by atoms with Crippen molar-refractivity contribution in [2.24, 2.45) is 0 Å². The summed E-state index contributed by atoms with van der Waals surface area (Å²) >= 11 is 6.76. The van der Waals surface area contributed by atoms with Gasteiger partial charge >= 0.3 is 0 Å². The molecule has 3 aromatic rings. The third kappa shape index (κ3) is 5.92. The van der Waals surface area contributed by atoms with E-state index < -0.39 is 0 Å². The zero-order valence-corrected chi connectivity index (χ0v) is 20.7. The number of carbonyl (C=O) groups is 2. The van der Waals surface area contributed by atoms with Gasteiger partial charge in [0.25, 0.3) is 0 Å². The molecule has 2 amide bonds. The summed E-state index contributed by atoms with van der Waals surface area (Å²) in [6.45, 7) is 5.93. The van der Waals surface area contributed by atoms with Gasteiger partial charge in [0, 0.05) is 48.1 Å². The van der Waals surface area contributed by atoms with Crippen molar-refractivity contribution >= 4 is 56.6 Å². The molecule has 2 N–H and O–H groups in total. The van der Waals surface area contributed by atoms with Gasteiger partial charge in [0.2, 0.25) is 11.8 Å². The van der Waals surface area contributed by atoms with Crippen LogP contribution < -0.4 is 10.6 Å². The molecule has 2 aliphatic heterocycles. The van der Waals surface area contributed by atoms with E-state index in [4.69, 9.17) is 16.6 Å². The van der Waals surface area contributed by atoms with Crippen molar-refractivity contribution in [2.45, 2.75) is 38.5 Å². The summed E-state index contributed by atoms with van der Waals surface area (Å²) in [6, 6.07) is 11.2. The monoisotopic (exact) mass is 493 g/mol. The molecule has 0 spiro atoms. The van der Waals surface area contributed by atoms with E-state index in [1.807, 2.05) is 36.4 Å². The number of anilines is 2. The Labute approximate surface area is 210 Å². The summed E-state index contributed by atoms with van der Waals surface area (Å²) in [4.78, 5) is 34.3. The van der Waals surface area contributed by atoms with Gasteiger partial charge in [-0.15, -0.1) is 0 Å². The second-order valence-electron chi connectivity index (χ2n) is 9.58. The molecule has 2 aromatic carbocycles. The van der Waals surface area contributed by atoms with Gasteiger partial charge in [0.1, 0.15) is 0 Å². The highest BCUT2D eigenvalue weighted by atomic mass is 35.5. The van der Waals surface area contributed by atoms with Crippen LogP contribution in [0.1, 0.15) is 38.5 Å². The SMILES string of the molecule is O=C(CCN1CCCC1)Nc1ccc2c(Cl)c3cc(NC(=O)CCN4CCCC4)ccc3nc2c1. The lowest BCUT2D eigenvalue weighted by atomic mass is 10.1. The highest BCUT2D eigenvalue weighted by molar-refractivity contribution is 6.40. The number of nitrogens with one attached hydrogen (secondary N) is 2. The first-order chi connectivity index (χ1) is 17.0. The summed E-state index contributed by atoms with van der Waals surface area (Å²) < 4.78 is 0. The van der Waals surface area contributed by atoms with Crippen LogP contribution in [0.5, 0.6) is 0 Å². The minimum Gasteiger partial charge on any atom is -0.326 e. The molecule has 0 unspecified atom stereocenters. The third-order valence-corrected chi connectivity index (χ3v) is 7.39. The number of nitrogens with zero attached hydrogens (tertiary/aromatic N) is 3. The molecule has 0 bridgehead atoms. The van der Waals surface area contributed by atoms with Crippen LogP contribution in [-0.2, 0) is 9.59 Å². The number of hydrogen-bond donors (Lipinski definition) is 2. The van der Waals surface area contributed by atoms with Crippen LogP contribution in [0.3, 0.4) is 0 Å². The van der Waals surface area contributed by atoms with E-state index in [-0.39, 0.29) is 11.8 Å². The van der Waals surface area contributed by atoms with Gasteiger partial charge in [-0.2, -0.15) is 0 Å². The largest absolute Gasteiger partial charge is 0.326 e. The molecule has 2 aliphatic rings. The van der Waals surface area contributed by atoms with Gasteiger partial charge in [-0.1, -0.05) is 11.6 Å². The Morgan fingerprint density at radius 2 is 1.29 bits per heavy atom. The lowest BCUT2D eigenvalue weighted by molar-refractivity contribution is -0.117. The highest BCUT2D eigenvalue weighted by Gasteiger charge is 2.15. The summed E-state index contributed by atoms with van der Waals surface area (Å²) in [6.07, 6.45) is 5.85. The molecule has 8 heteroatoms. The zero-order valence-electron chi connectivity index (χ0n) is 20.0. The van der Waals surface area contributed by atoms with E-state index >= 15 is 0 Å². The van der Waals surface area contributed by atoms with Crippen LogP contribution in [0.15, 0.2) is 36.4 Å². The molecule has 2 fully saturated rings. The number of carbonyl (C=O) groups excluding carboxylic acids is 2. The number of pyridine rings is 1. The van der Waals surface area contributed by atoms with Gasteiger partial charge in [-0.05, 0) is 88.3 Å². The highest BCUT2D eigenvalue weighted by Crippen LogP contribution is 2.33. The summed E-state index contributed by atoms with van der Waals surface area (Å²) in [5.41, 5.74) is 2.90. The summed E-state index contributed by atoms with van der Waals surface area (Å²) in [5, 5.41) is 8.17. The third-order valence-electron chi connectivity index (χ3n) is 6.98. The molecule has 0 aliphatic carbocycles. The molecule has 1 aromatic heterocycles. The molecular formula is C27H32ClN5O2. The second kappa shape index (κ2) is 10.9. The van der Waals surface area contributed by atoms with Crippen LogP contribution in [0.2, 0.25) is 5.02 Å². The van der Waals surface area contributed by atoms with Crippen LogP contribution in [0.4, 0.5) is 11.4 Å². The van der Waals surface area contributed by atoms with Gasteiger partial charge < -0.3 is 20.4 Å². The first kappa shape index (κ1) is 24.0. The Kier molecular flexibility index (Phi) is 7.46. The Balaban J connectivity index is 1.26. The lowest BCUT2D eigenvalue weighted by Gasteiger charge is -2.15. The van der Waals surface area contributed by atoms with Crippen molar-refractivity contribution in [2.75, 3.05) is 49.9 Å². The molecule has 0 saturated carbocycles. The number of likely N-dealkylation sites (tertiary alicyclic amines) is 2. The molecule has 0 atom stereocenters. The molecule has 7 nitrogen and oxygen atoms in total. The number of benzene rings is 2. The fourth-order valence-corrected chi connectivity index (χ4v) is 5.34. The summed E-state index contributed by atoms with van der Waals surface area (Å²) in [7, 11) is 0. The minimum atomic E-state index is 0.00577. The van der Waals surface area contributed by atoms with Gasteiger partial charge in [-0.3, -0.25) is 9.59 Å². The van der Waals surface area contributed by atoms with Crippen molar-refractivity contribution in [3.8, 4) is 0 Å². The average Bonchev–Trinajstić information content (AvgIpc) is 3.56. The Morgan fingerprint density at radius 1 is 0.743 bits per heavy atom. The van der Waals surface area contributed by atoms with E-state index in [9.17, 15) is 9.59 Å². The van der Waals surface area contributed by atoms with Crippen LogP contribution >= 0.6 is 11.6 Å². The fraction of sp³-hybridized carbons (Fsp3) is 0.444. The maximum Gasteiger partial charge on any atom is 0.225 e. The molecule has 5 rings (SSSR count). The number of halogens is 1. The zero-order chi connectivity index (χ0) is 24.2. The van der Waals surface area contributed by atoms with Crippen molar-refractivity contribution in [1.82, 2.24) is 14.8 Å². The lowest BCUT2D eigenvalue weighted by Crippen LogP contribution is -2.25. The maximum absolute atomic E-state index is 12.4. The van der Waals surface area contributed by atoms with E-state index in [1.54, 1.807) is 0 Å². The van der Waals surface area contributed by atoms with Gasteiger partial charge in [0.15, 0.2) is 0 Å². The first-order valence-corrected chi connectivity index (χ1v) is 13.0. The normalized spacial score (nSPS) is 16.8. The van der Waals surface area contributed by atoms with Crippen LogP contribution in [-0.4, -0.2) is 65.9 Å². The molecule has 2 saturated heterocycles. The van der Waals surface area contributed by atoms with Gasteiger partial charge in [0.05, 0.1) is 16.1 Å². The topological polar surface area (TPSA) is 77.6 Å². The number of amides is 2. The van der Waals surface area contributed by atoms with E-state index in [2.05, 4.69) is 20.4 Å². The van der Waals surface area contributed by atoms with Crippen molar-refractivity contribution < 1.29 is 9.59 Å². The number of aromatic nitrogens is 1. The first-order valence-electron chi connectivity index (χ1n) is 12.6. The smallest absolute Gasteiger partial charge is 0.225 e. The number of hydrogen-bond acceptors (Lipinski definition) is 5. The van der Waals surface area contributed by atoms with Crippen molar-refractivity contribution in [1.29, 1.82) is 0 Å². The summed E-state index contributed by atoms with van der Waals surface area (Å²) in [5.74, 6) is 0.0134. The Bertz CT molecular complexity index is 1240. The molecule has 184 valence electrons. The predicted molar refractivity (Wildman–Crippen MR) is 142 cm³/mol. The van der Waals surface area contributed by atoms with Crippen molar-refractivity contribution in [3.63, 3.8) is 0 Å². The van der Waals surface area contributed by atoms with Crippen LogP contribution in [0.25, 0.3) is 21.8 Å². The molecule has 35 heavy (non-hydrogen) atoms. The van der Waals surface area contributed by atoms with E-state index in [1.165, 1.54) is 25.7 Å². The second-order valence-corrected chi connectivity index (χ2v) is 9.96. The standard InChI is InChI=1S/C27H32ClN5O2/c28-27-21-7-5-20(30-26(35)10-16-33-13-3-4-14-33)18-24(21)31-23-8-6-19(17-22(23)27)29-25(34)9-15-32-11-1-2-12-32/h5-8,17-18H,1-4,9-16H2,(H,29,34)(H,30,35). The quantitative estimate of drug-likeness (QED) is 0.437. The van der Waals surface area contributed by atoms with Gasteiger partial charge in [-0.25, -0.2) is 4.98 Å². The Hall–Kier alpha value is -2.74. The molecular weight excluding hydrogens is 462 g/mol. The molecule has 0 radical (unpaired) electrons. The van der Waals surface area contributed by atoms with E-state index in [0.29, 0.717) is 29.2 Å². The van der Waals surface area contributed by atoms with Crippen LogP contribution in [0, 0.1) is 0 Å². The Morgan fingerprint density at radius 3 is 1.89 bits per heavy atom.